The van der Waals surface area contributed by atoms with Gasteiger partial charge in [0.15, 0.2) is 0 Å². The van der Waals surface area contributed by atoms with Crippen LogP contribution >= 0.6 is 0 Å². The van der Waals surface area contributed by atoms with Crippen LogP contribution in [0.25, 0.3) is 0 Å². The first-order valence-electron chi connectivity index (χ1n) is 11.9. The van der Waals surface area contributed by atoms with Crippen molar-refractivity contribution in [2.24, 2.45) is 40.4 Å². The first-order valence-corrected chi connectivity index (χ1v) is 11.9. The molecule has 0 aromatic heterocycles. The molecule has 0 bridgehead atoms. The Morgan fingerprint density at radius 3 is 2.09 bits per heavy atom. The molecule has 0 spiro atoms. The van der Waals surface area contributed by atoms with E-state index in [4.69, 9.17) is 4.74 Å². The van der Waals surface area contributed by atoms with E-state index < -0.39 is 24.2 Å². The lowest BCUT2D eigenvalue weighted by molar-refractivity contribution is -0.283. The van der Waals surface area contributed by atoms with Gasteiger partial charge < -0.3 is 4.74 Å². The minimum absolute atomic E-state index is 0.0337. The molecule has 4 aliphatic rings. The summed E-state index contributed by atoms with van der Waals surface area (Å²) in [6, 6.07) is 0. The van der Waals surface area contributed by atoms with Crippen LogP contribution in [0.4, 0.5) is 22.0 Å². The fourth-order valence-corrected chi connectivity index (χ4v) is 8.33. The van der Waals surface area contributed by atoms with Crippen molar-refractivity contribution in [2.75, 3.05) is 0 Å². The van der Waals surface area contributed by atoms with E-state index in [1.165, 1.54) is 0 Å². The standard InChI is InChI=1S/C24H33F5O3/c1-13(30)17-6-7-18-16-5-4-14-12-15(32-20(31)23(25,26)24(27,28)29)8-10-21(14,2)19(16)9-11-22(17,18)3/h14-19H,4-12H2,1-3H3/t14-,15+,16-,17+,18-,19-,21-,22+/m0/s1. The van der Waals surface area contributed by atoms with E-state index in [0.29, 0.717) is 37.0 Å². The quantitative estimate of drug-likeness (QED) is 0.361. The van der Waals surface area contributed by atoms with Crippen molar-refractivity contribution in [1.29, 1.82) is 0 Å². The van der Waals surface area contributed by atoms with Crippen molar-refractivity contribution in [1.82, 2.24) is 0 Å². The van der Waals surface area contributed by atoms with E-state index in [2.05, 4.69) is 13.8 Å². The van der Waals surface area contributed by atoms with Crippen LogP contribution in [0, 0.1) is 40.4 Å². The van der Waals surface area contributed by atoms with E-state index in [9.17, 15) is 31.5 Å². The first-order chi connectivity index (χ1) is 14.7. The van der Waals surface area contributed by atoms with Crippen molar-refractivity contribution in [3.05, 3.63) is 0 Å². The van der Waals surface area contributed by atoms with E-state index in [1.54, 1.807) is 6.92 Å². The molecule has 8 heteroatoms. The Bertz CT molecular complexity index is 780. The van der Waals surface area contributed by atoms with E-state index in [-0.39, 0.29) is 28.4 Å². The lowest BCUT2D eigenvalue weighted by Gasteiger charge is -2.61. The van der Waals surface area contributed by atoms with Crippen molar-refractivity contribution in [3.63, 3.8) is 0 Å². The summed E-state index contributed by atoms with van der Waals surface area (Å²) in [6.45, 7) is 6.21. The second-order valence-electron chi connectivity index (χ2n) is 11.3. The Morgan fingerprint density at radius 1 is 0.844 bits per heavy atom. The second kappa shape index (κ2) is 7.66. The molecule has 32 heavy (non-hydrogen) atoms. The van der Waals surface area contributed by atoms with Gasteiger partial charge in [-0.3, -0.25) is 4.79 Å². The molecule has 0 unspecified atom stereocenters. The predicted molar refractivity (Wildman–Crippen MR) is 107 cm³/mol. The number of Topliss-reactive ketones (excluding diaryl/α,β-unsaturated/α-hetero) is 1. The smallest absolute Gasteiger partial charge is 0.458 e. The maximum Gasteiger partial charge on any atom is 0.465 e. The lowest BCUT2D eigenvalue weighted by atomic mass is 9.44. The first kappa shape index (κ1) is 23.9. The lowest BCUT2D eigenvalue weighted by Crippen LogP contribution is -2.55. The molecular weight excluding hydrogens is 431 g/mol. The number of hydrogen-bond acceptors (Lipinski definition) is 3. The zero-order valence-electron chi connectivity index (χ0n) is 18.9. The molecule has 4 saturated carbocycles. The summed E-state index contributed by atoms with van der Waals surface area (Å²) in [5, 5.41) is 0. The summed E-state index contributed by atoms with van der Waals surface area (Å²) in [6.07, 6.45) is 0.354. The molecule has 0 aromatic carbocycles. The molecule has 182 valence electrons. The van der Waals surface area contributed by atoms with Gasteiger partial charge >= 0.3 is 18.1 Å². The molecule has 4 rings (SSSR count). The molecular formula is C24H33F5O3. The molecule has 8 atom stereocenters. The second-order valence-corrected chi connectivity index (χ2v) is 11.3. The number of halogens is 5. The topological polar surface area (TPSA) is 43.4 Å². The fourth-order valence-electron chi connectivity index (χ4n) is 8.33. The Balaban J connectivity index is 1.46. The highest BCUT2D eigenvalue weighted by molar-refractivity contribution is 5.79. The molecule has 3 nitrogen and oxygen atoms in total. The zero-order valence-corrected chi connectivity index (χ0v) is 18.9. The van der Waals surface area contributed by atoms with Gasteiger partial charge in [-0.25, -0.2) is 4.79 Å². The van der Waals surface area contributed by atoms with Gasteiger partial charge in [-0.1, -0.05) is 13.8 Å². The third-order valence-electron chi connectivity index (χ3n) is 9.99. The summed E-state index contributed by atoms with van der Waals surface area (Å²) in [4.78, 5) is 23.8. The number of hydrogen-bond donors (Lipinski definition) is 0. The Labute approximate surface area is 185 Å². The van der Waals surface area contributed by atoms with Gasteiger partial charge in [0.25, 0.3) is 0 Å². The largest absolute Gasteiger partial charge is 0.465 e. The highest BCUT2D eigenvalue weighted by Crippen LogP contribution is 2.67. The Hall–Kier alpha value is -1.21. The van der Waals surface area contributed by atoms with Crippen molar-refractivity contribution in [3.8, 4) is 0 Å². The number of esters is 1. The zero-order chi connectivity index (χ0) is 23.7. The van der Waals surface area contributed by atoms with Crippen LogP contribution in [0.2, 0.25) is 0 Å². The third-order valence-corrected chi connectivity index (χ3v) is 9.99. The van der Waals surface area contributed by atoms with Gasteiger partial charge in [-0.15, -0.1) is 0 Å². The molecule has 0 radical (unpaired) electrons. The van der Waals surface area contributed by atoms with Crippen LogP contribution in [-0.2, 0) is 14.3 Å². The average molecular weight is 465 g/mol. The highest BCUT2D eigenvalue weighted by atomic mass is 19.4. The molecule has 0 heterocycles. The predicted octanol–water partition coefficient (Wildman–Crippen LogP) is 6.34. The molecule has 0 amide bonds. The minimum Gasteiger partial charge on any atom is -0.458 e. The number of ketones is 1. The number of carbonyl (C=O) groups is 2. The summed E-state index contributed by atoms with van der Waals surface area (Å²) < 4.78 is 68.9. The normalized spacial score (nSPS) is 44.2. The highest BCUT2D eigenvalue weighted by Gasteiger charge is 2.66. The van der Waals surface area contributed by atoms with Gasteiger partial charge in [0.1, 0.15) is 11.9 Å². The van der Waals surface area contributed by atoms with Gasteiger partial charge in [0.2, 0.25) is 0 Å². The van der Waals surface area contributed by atoms with Crippen LogP contribution < -0.4 is 0 Å². The number of alkyl halides is 5. The maximum atomic E-state index is 13.3. The Morgan fingerprint density at radius 2 is 1.47 bits per heavy atom. The fraction of sp³-hybridized carbons (Fsp3) is 0.917. The molecule has 4 fully saturated rings. The Kier molecular flexibility index (Phi) is 5.73. The summed E-state index contributed by atoms with van der Waals surface area (Å²) in [7, 11) is 0. The average Bonchev–Trinajstić information content (AvgIpc) is 3.04. The number of rotatable bonds is 3. The SMILES string of the molecule is CC(=O)[C@H]1CC[C@H]2[C@@H]3CC[C@H]4C[C@H](OC(=O)C(F)(F)C(F)(F)F)CC[C@]4(C)[C@H]3CC[C@]12C. The monoisotopic (exact) mass is 464 g/mol. The molecule has 0 N–H and O–H groups in total. The van der Waals surface area contributed by atoms with Crippen LogP contribution in [-0.4, -0.2) is 30.0 Å². The van der Waals surface area contributed by atoms with Crippen LogP contribution in [0.5, 0.6) is 0 Å². The van der Waals surface area contributed by atoms with Crippen molar-refractivity contribution < 1.29 is 36.3 Å². The van der Waals surface area contributed by atoms with Crippen LogP contribution in [0.1, 0.15) is 78.6 Å². The maximum absolute atomic E-state index is 13.3. The molecule has 0 saturated heterocycles. The van der Waals surface area contributed by atoms with E-state index >= 15 is 0 Å². The van der Waals surface area contributed by atoms with Crippen LogP contribution in [0.3, 0.4) is 0 Å². The van der Waals surface area contributed by atoms with Crippen molar-refractivity contribution in [2.45, 2.75) is 96.8 Å². The van der Waals surface area contributed by atoms with Gasteiger partial charge in [-0.05, 0) is 99.2 Å². The van der Waals surface area contributed by atoms with E-state index in [0.717, 1.165) is 38.5 Å². The van der Waals surface area contributed by atoms with Gasteiger partial charge in [0.05, 0.1) is 0 Å². The molecule has 4 aliphatic carbocycles. The summed E-state index contributed by atoms with van der Waals surface area (Å²) in [5.41, 5.74) is 0.0140. The van der Waals surface area contributed by atoms with Crippen molar-refractivity contribution >= 4 is 11.8 Å². The summed E-state index contributed by atoms with van der Waals surface area (Å²) >= 11 is 0. The summed E-state index contributed by atoms with van der Waals surface area (Å²) in [5.74, 6) is -5.92. The van der Waals surface area contributed by atoms with Gasteiger partial charge in [0, 0.05) is 5.92 Å². The minimum atomic E-state index is -5.95. The van der Waals surface area contributed by atoms with E-state index in [1.807, 2.05) is 0 Å². The molecule has 0 aromatic rings. The number of carbonyl (C=O) groups excluding carboxylic acids is 2. The number of fused-ring (bicyclic) bond motifs is 5. The number of ether oxygens (including phenoxy) is 1. The van der Waals surface area contributed by atoms with Crippen LogP contribution in [0.15, 0.2) is 0 Å². The van der Waals surface area contributed by atoms with Gasteiger partial charge in [-0.2, -0.15) is 22.0 Å². The molecule has 0 aliphatic heterocycles. The third kappa shape index (κ3) is 3.49.